The fourth-order valence-corrected chi connectivity index (χ4v) is 1.96. The summed E-state index contributed by atoms with van der Waals surface area (Å²) in [5.74, 6) is -1.20. The highest BCUT2D eigenvalue weighted by molar-refractivity contribution is 5.99. The molecular formula is C17H16F2N2O3. The Morgan fingerprint density at radius 2 is 1.71 bits per heavy atom. The lowest BCUT2D eigenvalue weighted by Crippen LogP contribution is -2.26. The van der Waals surface area contributed by atoms with Gasteiger partial charge in [-0.05, 0) is 31.2 Å². The summed E-state index contributed by atoms with van der Waals surface area (Å²) in [6.45, 7) is 1.07. The molecule has 126 valence electrons. The van der Waals surface area contributed by atoms with Gasteiger partial charge in [0, 0.05) is 0 Å². The average molecular weight is 334 g/mol. The predicted octanol–water partition coefficient (Wildman–Crippen LogP) is 2.89. The van der Waals surface area contributed by atoms with E-state index in [9.17, 15) is 13.6 Å². The smallest absolute Gasteiger partial charge is 0.277 e. The molecular weight excluding hydrogens is 318 g/mol. The topological polar surface area (TPSA) is 59.9 Å². The Kier molecular flexibility index (Phi) is 5.83. The molecule has 0 aliphatic carbocycles. The van der Waals surface area contributed by atoms with Gasteiger partial charge in [-0.2, -0.15) is 5.10 Å². The summed E-state index contributed by atoms with van der Waals surface area (Å²) in [6.07, 6.45) is 0. The van der Waals surface area contributed by atoms with Crippen molar-refractivity contribution < 1.29 is 23.0 Å². The molecule has 24 heavy (non-hydrogen) atoms. The summed E-state index contributed by atoms with van der Waals surface area (Å²) in [5, 5.41) is 3.70. The summed E-state index contributed by atoms with van der Waals surface area (Å²) in [6, 6.07) is 10.3. The van der Waals surface area contributed by atoms with Crippen LogP contribution in [-0.4, -0.2) is 25.3 Å². The van der Waals surface area contributed by atoms with Crippen LogP contribution < -0.4 is 14.9 Å². The number of hydrogen-bond donors (Lipinski definition) is 1. The highest BCUT2D eigenvalue weighted by atomic mass is 19.1. The second-order valence-corrected chi connectivity index (χ2v) is 4.77. The van der Waals surface area contributed by atoms with Gasteiger partial charge in [-0.15, -0.1) is 0 Å². The first-order valence-electron chi connectivity index (χ1n) is 7.06. The number of amides is 1. The average Bonchev–Trinajstić information content (AvgIpc) is 2.58. The Morgan fingerprint density at radius 1 is 1.08 bits per heavy atom. The maximum absolute atomic E-state index is 13.6. The summed E-state index contributed by atoms with van der Waals surface area (Å²) in [5.41, 5.74) is 1.91. The fourth-order valence-electron chi connectivity index (χ4n) is 1.96. The Bertz CT molecular complexity index is 743. The van der Waals surface area contributed by atoms with E-state index in [2.05, 4.69) is 10.5 Å². The zero-order valence-electron chi connectivity index (χ0n) is 13.2. The maximum Gasteiger partial charge on any atom is 0.277 e. The predicted molar refractivity (Wildman–Crippen MR) is 85.2 cm³/mol. The quantitative estimate of drug-likeness (QED) is 0.653. The van der Waals surface area contributed by atoms with Crippen molar-refractivity contribution in [3.05, 3.63) is 59.7 Å². The van der Waals surface area contributed by atoms with Crippen LogP contribution in [0.15, 0.2) is 47.6 Å². The Morgan fingerprint density at radius 3 is 2.33 bits per heavy atom. The molecule has 0 aromatic heterocycles. The van der Waals surface area contributed by atoms with Crippen LogP contribution in [0.4, 0.5) is 8.78 Å². The van der Waals surface area contributed by atoms with E-state index in [1.54, 1.807) is 24.3 Å². The lowest BCUT2D eigenvalue weighted by molar-refractivity contribution is -0.123. The largest absolute Gasteiger partial charge is 0.493 e. The number of halogens is 2. The van der Waals surface area contributed by atoms with Crippen LogP contribution in [0.25, 0.3) is 0 Å². The molecule has 0 spiro atoms. The molecule has 0 saturated carbocycles. The molecule has 0 aliphatic heterocycles. The van der Waals surface area contributed by atoms with Crippen molar-refractivity contribution in [2.45, 2.75) is 6.92 Å². The number of nitrogens with zero attached hydrogens (tertiary/aromatic N) is 1. The Hall–Kier alpha value is -2.96. The first-order chi connectivity index (χ1) is 11.5. The van der Waals surface area contributed by atoms with Crippen molar-refractivity contribution in [3.63, 3.8) is 0 Å². The second kappa shape index (κ2) is 8.05. The summed E-state index contributed by atoms with van der Waals surface area (Å²) in [4.78, 5) is 11.8. The number of para-hydroxylation sites is 2. The number of rotatable bonds is 6. The van der Waals surface area contributed by atoms with Crippen LogP contribution >= 0.6 is 0 Å². The van der Waals surface area contributed by atoms with Gasteiger partial charge in [0.25, 0.3) is 5.91 Å². The zero-order valence-corrected chi connectivity index (χ0v) is 13.2. The molecule has 0 unspecified atom stereocenters. The molecule has 2 aromatic carbocycles. The van der Waals surface area contributed by atoms with Crippen LogP contribution in [-0.2, 0) is 4.79 Å². The van der Waals surface area contributed by atoms with Crippen LogP contribution in [0.1, 0.15) is 12.5 Å². The van der Waals surface area contributed by atoms with Crippen LogP contribution in [0.5, 0.6) is 11.5 Å². The highest BCUT2D eigenvalue weighted by Gasteiger charge is 2.12. The van der Waals surface area contributed by atoms with Gasteiger partial charge in [0.1, 0.15) is 11.6 Å². The van der Waals surface area contributed by atoms with E-state index in [1.807, 2.05) is 0 Å². The minimum atomic E-state index is -0.754. The van der Waals surface area contributed by atoms with E-state index in [4.69, 9.17) is 9.47 Å². The van der Waals surface area contributed by atoms with Gasteiger partial charge in [0.15, 0.2) is 18.1 Å². The molecule has 0 bridgehead atoms. The Labute approximate surface area is 137 Å². The van der Waals surface area contributed by atoms with Gasteiger partial charge in [0.05, 0.1) is 18.4 Å². The van der Waals surface area contributed by atoms with Crippen molar-refractivity contribution in [2.24, 2.45) is 5.10 Å². The third-order valence-corrected chi connectivity index (χ3v) is 3.10. The molecule has 2 aromatic rings. The van der Waals surface area contributed by atoms with E-state index in [0.717, 1.165) is 12.1 Å². The number of hydrazone groups is 1. The van der Waals surface area contributed by atoms with Gasteiger partial charge in [-0.1, -0.05) is 18.2 Å². The van der Waals surface area contributed by atoms with Crippen LogP contribution in [0, 0.1) is 11.6 Å². The molecule has 1 N–H and O–H groups in total. The third-order valence-electron chi connectivity index (χ3n) is 3.10. The molecule has 0 saturated heterocycles. The number of hydrogen-bond acceptors (Lipinski definition) is 4. The second-order valence-electron chi connectivity index (χ2n) is 4.77. The van der Waals surface area contributed by atoms with Crippen molar-refractivity contribution in [2.75, 3.05) is 13.7 Å². The molecule has 7 heteroatoms. The normalized spacial score (nSPS) is 11.1. The zero-order chi connectivity index (χ0) is 17.5. The number of benzene rings is 2. The molecule has 5 nitrogen and oxygen atoms in total. The monoisotopic (exact) mass is 334 g/mol. The molecule has 0 heterocycles. The van der Waals surface area contributed by atoms with Crippen LogP contribution in [0.3, 0.4) is 0 Å². The van der Waals surface area contributed by atoms with Gasteiger partial charge in [0.2, 0.25) is 0 Å². The van der Waals surface area contributed by atoms with Crippen molar-refractivity contribution in [1.29, 1.82) is 0 Å². The minimum Gasteiger partial charge on any atom is -0.493 e. The molecule has 0 aliphatic rings. The van der Waals surface area contributed by atoms with E-state index in [0.29, 0.717) is 11.5 Å². The summed E-state index contributed by atoms with van der Waals surface area (Å²) in [7, 11) is 1.48. The fraction of sp³-hybridized carbons (Fsp3) is 0.176. The van der Waals surface area contributed by atoms with Crippen molar-refractivity contribution in [1.82, 2.24) is 5.43 Å². The maximum atomic E-state index is 13.6. The van der Waals surface area contributed by atoms with Gasteiger partial charge >= 0.3 is 0 Å². The van der Waals surface area contributed by atoms with Gasteiger partial charge < -0.3 is 9.47 Å². The number of ether oxygens (including phenoxy) is 2. The first-order valence-corrected chi connectivity index (χ1v) is 7.06. The SMILES string of the molecule is COc1ccccc1OCC(=O)NN=C(C)c1c(F)cccc1F. The van der Waals surface area contributed by atoms with Crippen LogP contribution in [0.2, 0.25) is 0 Å². The summed E-state index contributed by atoms with van der Waals surface area (Å²) < 4.78 is 37.6. The molecule has 2 rings (SSSR count). The molecule has 1 amide bonds. The Balaban J connectivity index is 1.97. The first kappa shape index (κ1) is 17.4. The number of carbonyl (C=O) groups is 1. The number of carbonyl (C=O) groups excluding carboxylic acids is 1. The molecule has 0 fully saturated rings. The van der Waals surface area contributed by atoms with E-state index in [-0.39, 0.29) is 17.9 Å². The van der Waals surface area contributed by atoms with Crippen molar-refractivity contribution in [3.8, 4) is 11.5 Å². The lowest BCUT2D eigenvalue weighted by Gasteiger charge is -2.09. The standard InChI is InChI=1S/C17H16F2N2O3/c1-11(17-12(18)6-5-7-13(17)19)20-21-16(22)10-24-15-9-4-3-8-14(15)23-2/h3-9H,10H2,1-2H3,(H,21,22). The third kappa shape index (κ3) is 4.28. The number of methoxy groups -OCH3 is 1. The minimum absolute atomic E-state index is 0.0104. The van der Waals surface area contributed by atoms with E-state index >= 15 is 0 Å². The lowest BCUT2D eigenvalue weighted by atomic mass is 10.1. The van der Waals surface area contributed by atoms with E-state index in [1.165, 1.54) is 20.1 Å². The van der Waals surface area contributed by atoms with Gasteiger partial charge in [-0.3, -0.25) is 4.79 Å². The summed E-state index contributed by atoms with van der Waals surface area (Å²) >= 11 is 0. The van der Waals surface area contributed by atoms with Gasteiger partial charge in [-0.25, -0.2) is 14.2 Å². The molecule has 0 radical (unpaired) electrons. The highest BCUT2D eigenvalue weighted by Crippen LogP contribution is 2.25. The van der Waals surface area contributed by atoms with Crippen molar-refractivity contribution >= 4 is 11.6 Å². The number of nitrogens with one attached hydrogen (secondary N) is 1. The van der Waals surface area contributed by atoms with E-state index < -0.39 is 17.5 Å². The molecule has 0 atom stereocenters.